The molecule has 0 saturated carbocycles. The van der Waals surface area contributed by atoms with Crippen molar-refractivity contribution >= 4 is 21.5 Å². The molecule has 0 atom stereocenters. The van der Waals surface area contributed by atoms with Gasteiger partial charge in [-0.3, -0.25) is 9.10 Å². The van der Waals surface area contributed by atoms with Crippen LogP contribution >= 0.6 is 0 Å². The normalized spacial score (nSPS) is 14.2. The van der Waals surface area contributed by atoms with Gasteiger partial charge in [-0.1, -0.05) is 0 Å². The van der Waals surface area contributed by atoms with Crippen molar-refractivity contribution in [1.29, 1.82) is 0 Å². The van der Waals surface area contributed by atoms with E-state index in [2.05, 4.69) is 0 Å². The molecule has 25 heavy (non-hydrogen) atoms. The molecule has 132 valence electrons. The zero-order valence-electron chi connectivity index (χ0n) is 14.3. The number of ketones is 1. The van der Waals surface area contributed by atoms with Crippen LogP contribution in [0.25, 0.3) is 0 Å². The van der Waals surface area contributed by atoms with Crippen LogP contribution in [0.1, 0.15) is 22.3 Å². The van der Waals surface area contributed by atoms with E-state index >= 15 is 0 Å². The van der Waals surface area contributed by atoms with Crippen LogP contribution in [0.4, 0.5) is 5.69 Å². The number of methoxy groups -OCH3 is 2. The third kappa shape index (κ3) is 2.95. The van der Waals surface area contributed by atoms with E-state index in [-0.39, 0.29) is 23.6 Å². The number of anilines is 1. The number of hydrogen-bond donors (Lipinski definition) is 0. The summed E-state index contributed by atoms with van der Waals surface area (Å²) in [5, 5.41) is 0. The minimum Gasteiger partial charge on any atom is -0.497 e. The molecular weight excluding hydrogens is 342 g/mol. The van der Waals surface area contributed by atoms with Crippen LogP contribution in [0, 0.1) is 6.92 Å². The molecule has 0 saturated heterocycles. The maximum Gasteiger partial charge on any atom is 0.264 e. The standard InChI is InChI=1S/C18H19NO5S/c1-12-10-14(5-7-18(12)24-3)25(21,22)19-9-8-17(20)15-6-4-13(23-2)11-16(15)19/h4-7,10-11H,8-9H2,1-3H3. The van der Waals surface area contributed by atoms with Gasteiger partial charge in [-0.15, -0.1) is 0 Å². The molecule has 0 aliphatic carbocycles. The van der Waals surface area contributed by atoms with Gasteiger partial charge in [0, 0.05) is 24.6 Å². The fourth-order valence-corrected chi connectivity index (χ4v) is 4.49. The van der Waals surface area contributed by atoms with Crippen molar-refractivity contribution in [2.24, 2.45) is 0 Å². The van der Waals surface area contributed by atoms with Crippen molar-refractivity contribution in [3.05, 3.63) is 47.5 Å². The number of hydrogen-bond acceptors (Lipinski definition) is 5. The van der Waals surface area contributed by atoms with E-state index in [0.29, 0.717) is 22.7 Å². The van der Waals surface area contributed by atoms with Gasteiger partial charge in [0.05, 0.1) is 24.8 Å². The lowest BCUT2D eigenvalue weighted by Gasteiger charge is -2.30. The number of benzene rings is 2. The SMILES string of the molecule is COc1ccc2c(c1)N(S(=O)(=O)c1ccc(OC)c(C)c1)CCC2=O. The molecule has 1 aliphatic rings. The van der Waals surface area contributed by atoms with Crippen LogP contribution in [0.3, 0.4) is 0 Å². The summed E-state index contributed by atoms with van der Waals surface area (Å²) in [6.07, 6.45) is 0.147. The first kappa shape index (κ1) is 17.3. The van der Waals surface area contributed by atoms with E-state index in [9.17, 15) is 13.2 Å². The Bertz CT molecular complexity index is 936. The molecule has 2 aromatic carbocycles. The molecule has 0 fully saturated rings. The zero-order chi connectivity index (χ0) is 18.2. The molecule has 0 spiro atoms. The van der Waals surface area contributed by atoms with Crippen molar-refractivity contribution in [3.8, 4) is 11.5 Å². The first-order valence-corrected chi connectivity index (χ1v) is 9.21. The number of aryl methyl sites for hydroxylation is 1. The quantitative estimate of drug-likeness (QED) is 0.837. The largest absolute Gasteiger partial charge is 0.497 e. The van der Waals surface area contributed by atoms with Crippen molar-refractivity contribution in [3.63, 3.8) is 0 Å². The number of ether oxygens (including phenoxy) is 2. The number of carbonyl (C=O) groups excluding carboxylic acids is 1. The lowest BCUT2D eigenvalue weighted by molar-refractivity contribution is 0.0982. The molecule has 2 aromatic rings. The number of nitrogens with zero attached hydrogens (tertiary/aromatic N) is 1. The molecule has 3 rings (SSSR count). The predicted octanol–water partition coefficient (Wildman–Crippen LogP) is 2.79. The van der Waals surface area contributed by atoms with Crippen LogP contribution < -0.4 is 13.8 Å². The molecule has 0 aromatic heterocycles. The monoisotopic (exact) mass is 361 g/mol. The first-order chi connectivity index (χ1) is 11.9. The summed E-state index contributed by atoms with van der Waals surface area (Å²) in [6.45, 7) is 1.89. The molecule has 7 heteroatoms. The Morgan fingerprint density at radius 1 is 1.04 bits per heavy atom. The van der Waals surface area contributed by atoms with E-state index < -0.39 is 10.0 Å². The lowest BCUT2D eigenvalue weighted by Crippen LogP contribution is -2.37. The molecule has 0 radical (unpaired) electrons. The molecule has 0 bridgehead atoms. The van der Waals surface area contributed by atoms with Gasteiger partial charge >= 0.3 is 0 Å². The number of sulfonamides is 1. The van der Waals surface area contributed by atoms with E-state index in [1.807, 2.05) is 0 Å². The molecule has 0 amide bonds. The van der Waals surface area contributed by atoms with Gasteiger partial charge in [0.15, 0.2) is 5.78 Å². The number of carbonyl (C=O) groups is 1. The van der Waals surface area contributed by atoms with Gasteiger partial charge in [0.2, 0.25) is 0 Å². The average Bonchev–Trinajstić information content (AvgIpc) is 2.61. The first-order valence-electron chi connectivity index (χ1n) is 7.77. The number of rotatable bonds is 4. The summed E-state index contributed by atoms with van der Waals surface area (Å²) in [5.74, 6) is 1.05. The Balaban J connectivity index is 2.11. The molecule has 0 unspecified atom stereocenters. The lowest BCUT2D eigenvalue weighted by atomic mass is 10.0. The van der Waals surface area contributed by atoms with E-state index in [1.165, 1.54) is 24.6 Å². The van der Waals surface area contributed by atoms with E-state index in [4.69, 9.17) is 9.47 Å². The summed E-state index contributed by atoms with van der Waals surface area (Å²) < 4.78 is 37.9. The second kappa shape index (κ2) is 6.40. The third-order valence-electron chi connectivity index (χ3n) is 4.27. The highest BCUT2D eigenvalue weighted by atomic mass is 32.2. The van der Waals surface area contributed by atoms with Gasteiger partial charge in [-0.2, -0.15) is 0 Å². The zero-order valence-corrected chi connectivity index (χ0v) is 15.1. The molecule has 1 aliphatic heterocycles. The van der Waals surface area contributed by atoms with Crippen molar-refractivity contribution < 1.29 is 22.7 Å². The topological polar surface area (TPSA) is 72.9 Å². The molecule has 6 nitrogen and oxygen atoms in total. The van der Waals surface area contributed by atoms with Crippen LogP contribution in [0.5, 0.6) is 11.5 Å². The maximum atomic E-state index is 13.1. The summed E-state index contributed by atoms with van der Waals surface area (Å²) in [7, 11) is -0.766. The Morgan fingerprint density at radius 3 is 2.44 bits per heavy atom. The number of fused-ring (bicyclic) bond motifs is 1. The van der Waals surface area contributed by atoms with Crippen molar-refractivity contribution in [2.45, 2.75) is 18.2 Å². The minimum atomic E-state index is -3.80. The third-order valence-corrected chi connectivity index (χ3v) is 6.08. The molecule has 1 heterocycles. The van der Waals surface area contributed by atoms with Crippen molar-refractivity contribution in [1.82, 2.24) is 0 Å². The van der Waals surface area contributed by atoms with Gasteiger partial charge in [-0.05, 0) is 42.8 Å². The Morgan fingerprint density at radius 2 is 1.80 bits per heavy atom. The van der Waals surface area contributed by atoms with E-state index in [0.717, 1.165) is 5.56 Å². The smallest absolute Gasteiger partial charge is 0.264 e. The number of Topliss-reactive ketones (excluding diaryl/α,β-unsaturated/α-hetero) is 1. The van der Waals surface area contributed by atoms with Gasteiger partial charge < -0.3 is 9.47 Å². The molecular formula is C18H19NO5S. The van der Waals surface area contributed by atoms with Crippen LogP contribution in [-0.2, 0) is 10.0 Å². The van der Waals surface area contributed by atoms with Crippen LogP contribution in [0.2, 0.25) is 0 Å². The second-order valence-electron chi connectivity index (χ2n) is 5.76. The summed E-state index contributed by atoms with van der Waals surface area (Å²) in [4.78, 5) is 12.3. The summed E-state index contributed by atoms with van der Waals surface area (Å²) >= 11 is 0. The Kier molecular flexibility index (Phi) is 4.43. The fraction of sp³-hybridized carbons (Fsp3) is 0.278. The molecule has 0 N–H and O–H groups in total. The highest BCUT2D eigenvalue weighted by molar-refractivity contribution is 7.92. The van der Waals surface area contributed by atoms with Crippen LogP contribution in [0.15, 0.2) is 41.3 Å². The highest BCUT2D eigenvalue weighted by Crippen LogP contribution is 2.35. The summed E-state index contributed by atoms with van der Waals surface area (Å²) in [6, 6.07) is 9.56. The second-order valence-corrected chi connectivity index (χ2v) is 7.63. The minimum absolute atomic E-state index is 0.0741. The Hall–Kier alpha value is -2.54. The maximum absolute atomic E-state index is 13.1. The fourth-order valence-electron chi connectivity index (χ4n) is 2.93. The van der Waals surface area contributed by atoms with Crippen LogP contribution in [-0.4, -0.2) is 35.0 Å². The van der Waals surface area contributed by atoms with Gasteiger partial charge in [-0.25, -0.2) is 8.42 Å². The summed E-state index contributed by atoms with van der Waals surface area (Å²) in [5.41, 5.74) is 1.47. The highest BCUT2D eigenvalue weighted by Gasteiger charge is 2.33. The predicted molar refractivity (Wildman–Crippen MR) is 94.2 cm³/mol. The average molecular weight is 361 g/mol. The van der Waals surface area contributed by atoms with Gasteiger partial charge in [0.1, 0.15) is 11.5 Å². The van der Waals surface area contributed by atoms with Crippen molar-refractivity contribution in [2.75, 3.05) is 25.1 Å². The van der Waals surface area contributed by atoms with E-state index in [1.54, 1.807) is 37.3 Å². The Labute approximate surface area is 147 Å². The van der Waals surface area contributed by atoms with Gasteiger partial charge in [0.25, 0.3) is 10.0 Å².